The SMILES string of the molecule is COc1cccc(OC)c1OC1CCN(c2cc(C#N)nc3ccccc23)CC1. The Balaban J connectivity index is 1.53. The minimum Gasteiger partial charge on any atom is -0.493 e. The molecule has 6 nitrogen and oxygen atoms in total. The van der Waals surface area contributed by atoms with Gasteiger partial charge in [-0.25, -0.2) is 4.98 Å². The Morgan fingerprint density at radius 2 is 1.69 bits per heavy atom. The number of benzene rings is 2. The Morgan fingerprint density at radius 3 is 2.34 bits per heavy atom. The van der Waals surface area contributed by atoms with Crippen LogP contribution in [0.25, 0.3) is 10.9 Å². The lowest BCUT2D eigenvalue weighted by molar-refractivity contribution is 0.158. The molecule has 0 bridgehead atoms. The molecule has 0 unspecified atom stereocenters. The van der Waals surface area contributed by atoms with Gasteiger partial charge in [0.15, 0.2) is 11.5 Å². The first-order valence-electron chi connectivity index (χ1n) is 9.66. The van der Waals surface area contributed by atoms with Gasteiger partial charge in [0, 0.05) is 37.0 Å². The molecule has 0 N–H and O–H groups in total. The number of ether oxygens (including phenoxy) is 3. The third-order valence-electron chi connectivity index (χ3n) is 5.26. The van der Waals surface area contributed by atoms with Gasteiger partial charge in [-0.05, 0) is 24.3 Å². The second kappa shape index (κ2) is 8.27. The predicted molar refractivity (Wildman–Crippen MR) is 112 cm³/mol. The minimum atomic E-state index is 0.0694. The van der Waals surface area contributed by atoms with Crippen LogP contribution in [0.2, 0.25) is 0 Å². The molecule has 1 fully saturated rings. The van der Waals surface area contributed by atoms with Crippen LogP contribution < -0.4 is 19.1 Å². The smallest absolute Gasteiger partial charge is 0.203 e. The average Bonchev–Trinajstić information content (AvgIpc) is 2.79. The number of aromatic nitrogens is 1. The number of hydrogen-bond donors (Lipinski definition) is 0. The first-order chi connectivity index (χ1) is 14.2. The van der Waals surface area contributed by atoms with Crippen LogP contribution in [0.3, 0.4) is 0 Å². The molecule has 1 aromatic heterocycles. The lowest BCUT2D eigenvalue weighted by Gasteiger charge is -2.34. The van der Waals surface area contributed by atoms with Crippen molar-refractivity contribution in [2.75, 3.05) is 32.2 Å². The summed E-state index contributed by atoms with van der Waals surface area (Å²) >= 11 is 0. The van der Waals surface area contributed by atoms with E-state index < -0.39 is 0 Å². The molecular formula is C23H23N3O3. The highest BCUT2D eigenvalue weighted by Gasteiger charge is 2.25. The molecule has 0 aliphatic carbocycles. The Bertz CT molecular complexity index is 1030. The maximum Gasteiger partial charge on any atom is 0.203 e. The molecular weight excluding hydrogens is 366 g/mol. The number of anilines is 1. The zero-order chi connectivity index (χ0) is 20.2. The van der Waals surface area contributed by atoms with E-state index in [1.165, 1.54) is 0 Å². The van der Waals surface area contributed by atoms with E-state index >= 15 is 0 Å². The van der Waals surface area contributed by atoms with Crippen molar-refractivity contribution in [3.63, 3.8) is 0 Å². The fourth-order valence-electron chi connectivity index (χ4n) is 3.79. The maximum absolute atomic E-state index is 9.35. The van der Waals surface area contributed by atoms with Crippen LogP contribution in [-0.2, 0) is 0 Å². The molecule has 6 heteroatoms. The highest BCUT2D eigenvalue weighted by atomic mass is 16.5. The van der Waals surface area contributed by atoms with Gasteiger partial charge in [0.25, 0.3) is 0 Å². The predicted octanol–water partition coefficient (Wildman–Crippen LogP) is 4.17. The van der Waals surface area contributed by atoms with Gasteiger partial charge < -0.3 is 19.1 Å². The molecule has 3 aromatic rings. The van der Waals surface area contributed by atoms with Gasteiger partial charge >= 0.3 is 0 Å². The summed E-state index contributed by atoms with van der Waals surface area (Å²) < 4.78 is 17.2. The first-order valence-corrected chi connectivity index (χ1v) is 9.66. The molecule has 1 saturated heterocycles. The van der Waals surface area contributed by atoms with Crippen molar-refractivity contribution in [2.45, 2.75) is 18.9 Å². The van der Waals surface area contributed by atoms with E-state index in [1.54, 1.807) is 14.2 Å². The van der Waals surface area contributed by atoms with Gasteiger partial charge in [-0.15, -0.1) is 0 Å². The van der Waals surface area contributed by atoms with Gasteiger partial charge in [-0.3, -0.25) is 0 Å². The number of nitrogens with zero attached hydrogens (tertiary/aromatic N) is 3. The normalized spacial score (nSPS) is 14.4. The summed E-state index contributed by atoms with van der Waals surface area (Å²) in [6, 6.07) is 17.6. The van der Waals surface area contributed by atoms with Crippen molar-refractivity contribution >= 4 is 16.6 Å². The van der Waals surface area contributed by atoms with Crippen LogP contribution in [0.15, 0.2) is 48.5 Å². The van der Waals surface area contributed by atoms with E-state index in [0.717, 1.165) is 42.5 Å². The van der Waals surface area contributed by atoms with Crippen LogP contribution in [-0.4, -0.2) is 38.4 Å². The molecule has 4 rings (SSSR count). The third-order valence-corrected chi connectivity index (χ3v) is 5.26. The van der Waals surface area contributed by atoms with Crippen LogP contribution in [0.5, 0.6) is 17.2 Å². The van der Waals surface area contributed by atoms with Gasteiger partial charge in [0.05, 0.1) is 19.7 Å². The molecule has 0 radical (unpaired) electrons. The number of piperidine rings is 1. The first kappa shape index (κ1) is 18.9. The zero-order valence-electron chi connectivity index (χ0n) is 16.6. The van der Waals surface area contributed by atoms with E-state index in [2.05, 4.69) is 22.0 Å². The van der Waals surface area contributed by atoms with E-state index in [4.69, 9.17) is 14.2 Å². The lowest BCUT2D eigenvalue weighted by atomic mass is 10.0. The number of rotatable bonds is 5. The van der Waals surface area contributed by atoms with Crippen molar-refractivity contribution in [1.29, 1.82) is 5.26 Å². The van der Waals surface area contributed by atoms with Crippen molar-refractivity contribution in [3.05, 3.63) is 54.2 Å². The molecule has 2 heterocycles. The number of nitriles is 1. The molecule has 0 spiro atoms. The van der Waals surface area contributed by atoms with Crippen LogP contribution in [0.1, 0.15) is 18.5 Å². The van der Waals surface area contributed by atoms with Crippen molar-refractivity contribution in [3.8, 4) is 23.3 Å². The van der Waals surface area contributed by atoms with Gasteiger partial charge in [-0.1, -0.05) is 24.3 Å². The van der Waals surface area contributed by atoms with Gasteiger partial charge in [-0.2, -0.15) is 5.26 Å². The number of para-hydroxylation sites is 2. The van der Waals surface area contributed by atoms with Gasteiger partial charge in [0.2, 0.25) is 5.75 Å². The molecule has 29 heavy (non-hydrogen) atoms. The second-order valence-corrected chi connectivity index (χ2v) is 6.95. The average molecular weight is 389 g/mol. The van der Waals surface area contributed by atoms with Crippen molar-refractivity contribution in [2.24, 2.45) is 0 Å². The number of hydrogen-bond acceptors (Lipinski definition) is 6. The number of pyridine rings is 1. The molecule has 0 amide bonds. The van der Waals surface area contributed by atoms with E-state index in [1.807, 2.05) is 42.5 Å². The summed E-state index contributed by atoms with van der Waals surface area (Å²) in [6.45, 7) is 1.67. The fourth-order valence-corrected chi connectivity index (χ4v) is 3.79. The van der Waals surface area contributed by atoms with Crippen LogP contribution >= 0.6 is 0 Å². The number of methoxy groups -OCH3 is 2. The van der Waals surface area contributed by atoms with Crippen LogP contribution in [0, 0.1) is 11.3 Å². The Kier molecular flexibility index (Phi) is 5.39. The van der Waals surface area contributed by atoms with Crippen molar-refractivity contribution < 1.29 is 14.2 Å². The summed E-state index contributed by atoms with van der Waals surface area (Å²) in [4.78, 5) is 6.73. The standard InChI is InChI=1S/C23H23N3O3/c1-27-21-8-5-9-22(28-2)23(21)29-17-10-12-26(13-11-17)20-14-16(15-24)25-19-7-4-3-6-18(19)20/h3-9,14,17H,10-13H2,1-2H3. The lowest BCUT2D eigenvalue weighted by Crippen LogP contribution is -2.38. The summed E-state index contributed by atoms with van der Waals surface area (Å²) in [6.07, 6.45) is 1.79. The largest absolute Gasteiger partial charge is 0.493 e. The molecule has 148 valence electrons. The van der Waals surface area contributed by atoms with Crippen molar-refractivity contribution in [1.82, 2.24) is 4.98 Å². The monoisotopic (exact) mass is 389 g/mol. The highest BCUT2D eigenvalue weighted by molar-refractivity contribution is 5.92. The van der Waals surface area contributed by atoms with E-state index in [9.17, 15) is 5.26 Å². The summed E-state index contributed by atoms with van der Waals surface area (Å²) in [7, 11) is 3.26. The summed E-state index contributed by atoms with van der Waals surface area (Å²) in [5.41, 5.74) is 2.34. The van der Waals surface area contributed by atoms with E-state index in [0.29, 0.717) is 22.9 Å². The van der Waals surface area contributed by atoms with Crippen LogP contribution in [0.4, 0.5) is 5.69 Å². The Hall–Kier alpha value is -3.46. The Labute approximate surface area is 170 Å². The quantitative estimate of drug-likeness (QED) is 0.652. The Morgan fingerprint density at radius 1 is 1.00 bits per heavy atom. The maximum atomic E-state index is 9.35. The summed E-state index contributed by atoms with van der Waals surface area (Å²) in [5, 5.41) is 10.4. The minimum absolute atomic E-state index is 0.0694. The molecule has 0 atom stereocenters. The zero-order valence-corrected chi connectivity index (χ0v) is 16.6. The second-order valence-electron chi connectivity index (χ2n) is 6.95. The fraction of sp³-hybridized carbons (Fsp3) is 0.304. The molecule has 0 saturated carbocycles. The number of fused-ring (bicyclic) bond motifs is 1. The van der Waals surface area contributed by atoms with Gasteiger partial charge in [0.1, 0.15) is 17.9 Å². The third kappa shape index (κ3) is 3.77. The highest BCUT2D eigenvalue weighted by Crippen LogP contribution is 2.39. The topological polar surface area (TPSA) is 67.6 Å². The molecule has 2 aromatic carbocycles. The summed E-state index contributed by atoms with van der Waals surface area (Å²) in [5.74, 6) is 1.99. The van der Waals surface area contributed by atoms with E-state index in [-0.39, 0.29) is 6.10 Å². The molecule has 1 aliphatic heterocycles. The molecule has 1 aliphatic rings.